The zero-order chi connectivity index (χ0) is 23.7. The summed E-state index contributed by atoms with van der Waals surface area (Å²) in [6.45, 7) is 8.61. The van der Waals surface area contributed by atoms with Crippen molar-refractivity contribution in [3.8, 4) is 5.75 Å². The molecule has 34 heavy (non-hydrogen) atoms. The summed E-state index contributed by atoms with van der Waals surface area (Å²) in [5.74, 6) is 1.03. The van der Waals surface area contributed by atoms with Crippen molar-refractivity contribution < 1.29 is 9.13 Å². The molecule has 3 N–H and O–H groups in total. The molecule has 2 aliphatic rings. The highest BCUT2D eigenvalue weighted by molar-refractivity contribution is 6.00. The first-order chi connectivity index (χ1) is 16.5. The van der Waals surface area contributed by atoms with E-state index in [1.807, 2.05) is 17.9 Å². The topological polar surface area (TPSA) is 106 Å². The molecule has 9 nitrogen and oxygen atoms in total. The van der Waals surface area contributed by atoms with E-state index in [-0.39, 0.29) is 11.4 Å². The number of fused-ring (bicyclic) bond motifs is 1. The summed E-state index contributed by atoms with van der Waals surface area (Å²) < 4.78 is 20.5. The molecular weight excluding hydrogens is 435 g/mol. The quantitative estimate of drug-likeness (QED) is 0.365. The molecule has 3 aromatic rings. The number of hydrogen-bond donors (Lipinski definition) is 3. The van der Waals surface area contributed by atoms with Gasteiger partial charge in [-0.2, -0.15) is 5.10 Å². The molecule has 3 heterocycles. The lowest BCUT2D eigenvalue weighted by Gasteiger charge is -2.36. The number of piperazine rings is 1. The normalized spacial score (nSPS) is 17.5. The Labute approximate surface area is 196 Å². The highest BCUT2D eigenvalue weighted by Crippen LogP contribution is 2.41. The van der Waals surface area contributed by atoms with E-state index in [2.05, 4.69) is 37.0 Å². The number of amidine groups is 1. The first kappa shape index (κ1) is 21.9. The molecule has 0 amide bonds. The number of aromatic nitrogens is 4. The number of rotatable bonds is 7. The van der Waals surface area contributed by atoms with Crippen LogP contribution in [0.1, 0.15) is 25.5 Å². The van der Waals surface area contributed by atoms with Crippen LogP contribution in [-0.4, -0.2) is 62.7 Å². The van der Waals surface area contributed by atoms with Crippen molar-refractivity contribution >= 4 is 28.3 Å². The van der Waals surface area contributed by atoms with Crippen molar-refractivity contribution in [2.24, 2.45) is 0 Å². The summed E-state index contributed by atoms with van der Waals surface area (Å²) in [6, 6.07) is 4.96. The van der Waals surface area contributed by atoms with Gasteiger partial charge in [0, 0.05) is 49.9 Å². The third kappa shape index (κ3) is 4.43. The van der Waals surface area contributed by atoms with E-state index in [1.165, 1.54) is 6.07 Å². The number of hydrogen-bond acceptors (Lipinski definition) is 7. The van der Waals surface area contributed by atoms with Crippen LogP contribution in [0.3, 0.4) is 0 Å². The van der Waals surface area contributed by atoms with Crippen LogP contribution >= 0.6 is 0 Å². The minimum absolute atomic E-state index is 0.212. The van der Waals surface area contributed by atoms with Crippen molar-refractivity contribution in [2.75, 3.05) is 31.1 Å². The third-order valence-corrected chi connectivity index (χ3v) is 6.23. The lowest BCUT2D eigenvalue weighted by molar-refractivity contribution is 0.191. The fourth-order valence-electron chi connectivity index (χ4n) is 4.01. The maximum absolute atomic E-state index is 14.6. The van der Waals surface area contributed by atoms with Crippen LogP contribution in [0.2, 0.25) is 0 Å². The lowest BCUT2D eigenvalue weighted by atomic mass is 10.1. The fourth-order valence-corrected chi connectivity index (χ4v) is 4.01. The first-order valence-corrected chi connectivity index (χ1v) is 11.3. The van der Waals surface area contributed by atoms with Crippen LogP contribution in [-0.2, 0) is 0 Å². The molecular formula is C24H27FN8O. The average Bonchev–Trinajstić information content (AvgIpc) is 3.44. The predicted octanol–water partition coefficient (Wildman–Crippen LogP) is 3.30. The lowest BCUT2D eigenvalue weighted by Crippen LogP contribution is -2.48. The number of aromatic amines is 1. The van der Waals surface area contributed by atoms with E-state index >= 15 is 0 Å². The molecule has 0 unspecified atom stereocenters. The Morgan fingerprint density at radius 1 is 1.29 bits per heavy atom. The highest BCUT2D eigenvalue weighted by Gasteiger charge is 2.40. The van der Waals surface area contributed by atoms with Crippen LogP contribution in [0.5, 0.6) is 5.75 Å². The molecule has 5 rings (SSSR count). The number of benzene rings is 1. The SMILES string of the molecule is C=CNC(=CC(=N)N1CCN(c2ccncn2)CC1)c1n[nH]c2cc(F)c(OC3(C)CC3)cc12. The Hall–Kier alpha value is -3.95. The van der Waals surface area contributed by atoms with Crippen molar-refractivity contribution in [1.82, 2.24) is 30.4 Å². The van der Waals surface area contributed by atoms with E-state index in [0.29, 0.717) is 41.2 Å². The van der Waals surface area contributed by atoms with Crippen molar-refractivity contribution in [2.45, 2.75) is 25.4 Å². The maximum atomic E-state index is 14.6. The van der Waals surface area contributed by atoms with Crippen LogP contribution in [0.15, 0.2) is 49.6 Å². The Kier molecular flexibility index (Phi) is 5.64. The number of nitrogens with zero attached hydrogens (tertiary/aromatic N) is 5. The predicted molar refractivity (Wildman–Crippen MR) is 129 cm³/mol. The molecule has 1 aliphatic carbocycles. The second-order valence-corrected chi connectivity index (χ2v) is 8.79. The zero-order valence-electron chi connectivity index (χ0n) is 19.0. The van der Waals surface area contributed by atoms with E-state index in [0.717, 1.165) is 31.7 Å². The molecule has 1 saturated carbocycles. The number of ether oxygens (including phenoxy) is 1. The Morgan fingerprint density at radius 3 is 2.76 bits per heavy atom. The summed E-state index contributed by atoms with van der Waals surface area (Å²) in [5, 5.41) is 19.8. The first-order valence-electron chi connectivity index (χ1n) is 11.3. The smallest absolute Gasteiger partial charge is 0.167 e. The van der Waals surface area contributed by atoms with Gasteiger partial charge in [0.2, 0.25) is 0 Å². The highest BCUT2D eigenvalue weighted by atomic mass is 19.1. The summed E-state index contributed by atoms with van der Waals surface area (Å²) in [5.41, 5.74) is 1.43. The van der Waals surface area contributed by atoms with Crippen LogP contribution < -0.4 is 15.0 Å². The molecule has 2 fully saturated rings. The van der Waals surface area contributed by atoms with Gasteiger partial charge in [0.25, 0.3) is 0 Å². The van der Waals surface area contributed by atoms with Crippen LogP contribution in [0.25, 0.3) is 16.6 Å². The second-order valence-electron chi connectivity index (χ2n) is 8.79. The van der Waals surface area contributed by atoms with Crippen molar-refractivity contribution in [3.05, 3.63) is 61.1 Å². The zero-order valence-corrected chi connectivity index (χ0v) is 19.0. The van der Waals surface area contributed by atoms with Gasteiger partial charge in [0.15, 0.2) is 11.6 Å². The monoisotopic (exact) mass is 462 g/mol. The summed E-state index contributed by atoms with van der Waals surface area (Å²) in [6.07, 6.45) is 8.36. The minimum Gasteiger partial charge on any atom is -0.484 e. The molecule has 1 aromatic carbocycles. The van der Waals surface area contributed by atoms with E-state index in [4.69, 9.17) is 10.1 Å². The average molecular weight is 463 g/mol. The molecule has 0 atom stereocenters. The third-order valence-electron chi connectivity index (χ3n) is 6.23. The molecule has 1 saturated heterocycles. The summed E-state index contributed by atoms with van der Waals surface area (Å²) in [7, 11) is 0. The fraction of sp³-hybridized carbons (Fsp3) is 0.333. The number of H-pyrrole nitrogens is 1. The maximum Gasteiger partial charge on any atom is 0.167 e. The number of halogens is 1. The van der Waals surface area contributed by atoms with Gasteiger partial charge in [-0.25, -0.2) is 14.4 Å². The molecule has 2 aromatic heterocycles. The van der Waals surface area contributed by atoms with Gasteiger partial charge in [0.05, 0.1) is 11.2 Å². The van der Waals surface area contributed by atoms with Gasteiger partial charge in [-0.1, -0.05) is 6.58 Å². The molecule has 176 valence electrons. The number of nitrogens with one attached hydrogen (secondary N) is 3. The van der Waals surface area contributed by atoms with E-state index in [1.54, 1.807) is 30.9 Å². The number of anilines is 1. The summed E-state index contributed by atoms with van der Waals surface area (Å²) >= 11 is 0. The van der Waals surface area contributed by atoms with Crippen LogP contribution in [0, 0.1) is 11.2 Å². The molecule has 1 aliphatic heterocycles. The van der Waals surface area contributed by atoms with Gasteiger partial charge < -0.3 is 19.9 Å². The molecule has 0 bridgehead atoms. The molecule has 10 heteroatoms. The second kappa shape index (κ2) is 8.77. The Balaban J connectivity index is 1.37. The minimum atomic E-state index is -0.424. The van der Waals surface area contributed by atoms with Crippen molar-refractivity contribution in [1.29, 1.82) is 5.41 Å². The largest absolute Gasteiger partial charge is 0.484 e. The van der Waals surface area contributed by atoms with Crippen LogP contribution in [0.4, 0.5) is 10.2 Å². The standard InChI is InChI=1S/C24H27FN8O/c1-3-28-19(14-21(26)32-8-10-33(11-9-32)22-4-7-27-15-29-22)23-16-12-20(34-24(2)5-6-24)17(25)13-18(16)30-31-23/h3-4,7,12-15,26,28H,1,5-6,8-11H2,2H3,(H,30,31). The van der Waals surface area contributed by atoms with Gasteiger partial charge >= 0.3 is 0 Å². The Bertz CT molecular complexity index is 1240. The van der Waals surface area contributed by atoms with Gasteiger partial charge in [-0.05, 0) is 38.1 Å². The van der Waals surface area contributed by atoms with Gasteiger partial charge in [-0.15, -0.1) is 0 Å². The van der Waals surface area contributed by atoms with Gasteiger partial charge in [0.1, 0.15) is 29.3 Å². The Morgan fingerprint density at radius 2 is 2.09 bits per heavy atom. The van der Waals surface area contributed by atoms with Gasteiger partial charge in [-0.3, -0.25) is 10.5 Å². The molecule has 0 radical (unpaired) electrons. The van der Waals surface area contributed by atoms with E-state index in [9.17, 15) is 4.39 Å². The molecule has 0 spiro atoms. The van der Waals surface area contributed by atoms with Crippen molar-refractivity contribution in [3.63, 3.8) is 0 Å². The van der Waals surface area contributed by atoms with E-state index < -0.39 is 5.82 Å². The summed E-state index contributed by atoms with van der Waals surface area (Å²) in [4.78, 5) is 12.5.